The van der Waals surface area contributed by atoms with Gasteiger partial charge in [-0.15, -0.1) is 0 Å². The Morgan fingerprint density at radius 3 is 2.25 bits per heavy atom. The lowest BCUT2D eigenvalue weighted by Gasteiger charge is -2.14. The van der Waals surface area contributed by atoms with Crippen molar-refractivity contribution < 1.29 is 8.42 Å². The fraction of sp³-hybridized carbons (Fsp3) is 0.0769. The quantitative estimate of drug-likeness (QED) is 0.843. The van der Waals surface area contributed by atoms with Crippen LogP contribution >= 0.6 is 23.2 Å². The molecule has 0 fully saturated rings. The van der Waals surface area contributed by atoms with Gasteiger partial charge in [-0.05, 0) is 30.7 Å². The second-order valence-electron chi connectivity index (χ2n) is 4.20. The highest BCUT2D eigenvalue weighted by molar-refractivity contribution is 7.93. The molecule has 2 aromatic rings. The van der Waals surface area contributed by atoms with Gasteiger partial charge in [-0.3, -0.25) is 4.72 Å². The van der Waals surface area contributed by atoms with Gasteiger partial charge in [-0.2, -0.15) is 0 Å². The first-order chi connectivity index (χ1) is 9.33. The molecule has 0 unspecified atom stereocenters. The van der Waals surface area contributed by atoms with Crippen molar-refractivity contribution in [3.63, 3.8) is 0 Å². The lowest BCUT2D eigenvalue weighted by molar-refractivity contribution is 0.601. The van der Waals surface area contributed by atoms with Gasteiger partial charge in [0.05, 0.1) is 21.4 Å². The Kier molecular flexibility index (Phi) is 4.13. The number of rotatable bonds is 3. The number of hydrogen-bond donors (Lipinski definition) is 2. The van der Waals surface area contributed by atoms with Crippen molar-refractivity contribution in [3.8, 4) is 0 Å². The molecule has 2 aromatic carbocycles. The van der Waals surface area contributed by atoms with Gasteiger partial charge < -0.3 is 5.73 Å². The zero-order chi connectivity index (χ0) is 14.9. The lowest BCUT2D eigenvalue weighted by atomic mass is 10.2. The fourth-order valence-corrected chi connectivity index (χ4v) is 3.91. The first-order valence-corrected chi connectivity index (χ1v) is 7.89. The van der Waals surface area contributed by atoms with Crippen LogP contribution in [0.3, 0.4) is 0 Å². The first-order valence-electron chi connectivity index (χ1n) is 5.65. The maximum atomic E-state index is 12.4. The number of nitrogens with two attached hydrogens (primary N) is 1. The predicted molar refractivity (Wildman–Crippen MR) is 82.9 cm³/mol. The summed E-state index contributed by atoms with van der Waals surface area (Å²) in [7, 11) is -3.91. The molecule has 0 spiro atoms. The van der Waals surface area contributed by atoms with Gasteiger partial charge in [-0.1, -0.05) is 41.4 Å². The number of sulfonamides is 1. The van der Waals surface area contributed by atoms with Crippen LogP contribution in [0.2, 0.25) is 10.0 Å². The predicted octanol–water partition coefficient (Wildman–Crippen LogP) is 3.68. The van der Waals surface area contributed by atoms with Gasteiger partial charge >= 0.3 is 0 Å². The van der Waals surface area contributed by atoms with Gasteiger partial charge in [0, 0.05) is 0 Å². The first kappa shape index (κ1) is 15.0. The molecule has 0 heterocycles. The molecule has 0 bridgehead atoms. The Balaban J connectivity index is 2.53. The van der Waals surface area contributed by atoms with Crippen LogP contribution in [0, 0.1) is 6.92 Å². The molecular formula is C13H12Cl2N2O2S. The summed E-state index contributed by atoms with van der Waals surface area (Å²) < 4.78 is 27.3. The molecule has 0 aromatic heterocycles. The Labute approximate surface area is 127 Å². The number of anilines is 2. The third-order valence-electron chi connectivity index (χ3n) is 2.72. The third kappa shape index (κ3) is 2.85. The number of nitrogen functional groups attached to an aromatic ring is 1. The second kappa shape index (κ2) is 5.52. The number of hydrogen-bond acceptors (Lipinski definition) is 3. The van der Waals surface area contributed by atoms with Gasteiger partial charge in [0.2, 0.25) is 0 Å². The highest BCUT2D eigenvalue weighted by atomic mass is 35.5. The lowest BCUT2D eigenvalue weighted by Crippen LogP contribution is -2.16. The average Bonchev–Trinajstić information content (AvgIpc) is 2.33. The summed E-state index contributed by atoms with van der Waals surface area (Å²) in [5.74, 6) is 0. The van der Waals surface area contributed by atoms with Crippen LogP contribution in [0.4, 0.5) is 11.4 Å². The van der Waals surface area contributed by atoms with Gasteiger partial charge in [0.25, 0.3) is 10.0 Å². The highest BCUT2D eigenvalue weighted by Gasteiger charge is 2.22. The van der Waals surface area contributed by atoms with Gasteiger partial charge in [-0.25, -0.2) is 8.42 Å². The molecule has 0 aliphatic heterocycles. The van der Waals surface area contributed by atoms with E-state index < -0.39 is 10.0 Å². The summed E-state index contributed by atoms with van der Waals surface area (Å²) in [4.78, 5) is -0.152. The van der Waals surface area contributed by atoms with Crippen molar-refractivity contribution in [1.82, 2.24) is 0 Å². The Morgan fingerprint density at radius 2 is 1.65 bits per heavy atom. The normalized spacial score (nSPS) is 11.3. The van der Waals surface area contributed by atoms with Gasteiger partial charge in [0.1, 0.15) is 4.90 Å². The number of halogens is 2. The number of aryl methyl sites for hydroxylation is 1. The standard InChI is InChI=1S/C13H12Cl2N2O2S/c1-8-4-2-5-9(14)12(8)17-20(18,19)13-10(15)6-3-7-11(13)16/h2-7,17H,16H2,1H3. The van der Waals surface area contributed by atoms with Crippen molar-refractivity contribution in [2.75, 3.05) is 10.5 Å². The minimum atomic E-state index is -3.91. The summed E-state index contributed by atoms with van der Waals surface area (Å²) >= 11 is 11.9. The molecule has 3 N–H and O–H groups in total. The minimum absolute atomic E-state index is 0.0576. The molecule has 0 atom stereocenters. The molecule has 0 aliphatic rings. The molecular weight excluding hydrogens is 319 g/mol. The van der Waals surface area contributed by atoms with E-state index in [1.54, 1.807) is 31.2 Å². The molecule has 0 radical (unpaired) electrons. The van der Waals surface area contributed by atoms with Crippen LogP contribution in [-0.2, 0) is 10.0 Å². The highest BCUT2D eigenvalue weighted by Crippen LogP contribution is 2.32. The average molecular weight is 331 g/mol. The largest absolute Gasteiger partial charge is 0.398 e. The van der Waals surface area contributed by atoms with E-state index in [2.05, 4.69) is 4.72 Å². The van der Waals surface area contributed by atoms with E-state index in [0.29, 0.717) is 16.3 Å². The van der Waals surface area contributed by atoms with E-state index in [9.17, 15) is 8.42 Å². The van der Waals surface area contributed by atoms with Crippen LogP contribution < -0.4 is 10.5 Å². The molecule has 0 saturated heterocycles. The topological polar surface area (TPSA) is 72.2 Å². The van der Waals surface area contributed by atoms with Crippen LogP contribution in [0.15, 0.2) is 41.3 Å². The minimum Gasteiger partial charge on any atom is -0.398 e. The summed E-state index contributed by atoms with van der Waals surface area (Å²) in [6, 6.07) is 9.60. The Morgan fingerprint density at radius 1 is 1.05 bits per heavy atom. The maximum absolute atomic E-state index is 12.4. The van der Waals surface area contributed by atoms with Crippen molar-refractivity contribution in [2.24, 2.45) is 0 Å². The van der Waals surface area contributed by atoms with E-state index in [1.807, 2.05) is 0 Å². The van der Waals surface area contributed by atoms with E-state index in [0.717, 1.165) is 0 Å². The van der Waals surface area contributed by atoms with Crippen molar-refractivity contribution >= 4 is 44.6 Å². The molecule has 4 nitrogen and oxygen atoms in total. The third-order valence-corrected chi connectivity index (χ3v) is 4.93. The van der Waals surface area contributed by atoms with Crippen LogP contribution in [0.25, 0.3) is 0 Å². The molecule has 7 heteroatoms. The number of para-hydroxylation sites is 1. The Bertz CT molecular complexity index is 720. The number of nitrogens with one attached hydrogen (secondary N) is 1. The summed E-state index contributed by atoms with van der Waals surface area (Å²) in [5, 5.41) is 0.362. The summed E-state index contributed by atoms with van der Waals surface area (Å²) in [6.45, 7) is 1.75. The van der Waals surface area contributed by atoms with E-state index >= 15 is 0 Å². The zero-order valence-corrected chi connectivity index (χ0v) is 12.9. The SMILES string of the molecule is Cc1cccc(Cl)c1NS(=O)(=O)c1c(N)cccc1Cl. The van der Waals surface area contributed by atoms with Crippen LogP contribution in [-0.4, -0.2) is 8.42 Å². The summed E-state index contributed by atoms with van der Waals surface area (Å²) in [6.07, 6.45) is 0. The molecule has 0 saturated carbocycles. The molecule has 106 valence electrons. The van der Waals surface area contributed by atoms with Crippen LogP contribution in [0.1, 0.15) is 5.56 Å². The number of benzene rings is 2. The maximum Gasteiger partial charge on any atom is 0.265 e. The smallest absolute Gasteiger partial charge is 0.265 e. The van der Waals surface area contributed by atoms with Gasteiger partial charge in [0.15, 0.2) is 0 Å². The monoisotopic (exact) mass is 330 g/mol. The van der Waals surface area contributed by atoms with E-state index in [4.69, 9.17) is 28.9 Å². The molecule has 0 aliphatic carbocycles. The fourth-order valence-electron chi connectivity index (χ4n) is 1.76. The molecule has 20 heavy (non-hydrogen) atoms. The van der Waals surface area contributed by atoms with E-state index in [1.165, 1.54) is 12.1 Å². The van der Waals surface area contributed by atoms with Crippen LogP contribution in [0.5, 0.6) is 0 Å². The van der Waals surface area contributed by atoms with Crippen molar-refractivity contribution in [2.45, 2.75) is 11.8 Å². The molecule has 0 amide bonds. The zero-order valence-electron chi connectivity index (χ0n) is 10.5. The van der Waals surface area contributed by atoms with Crippen molar-refractivity contribution in [1.29, 1.82) is 0 Å². The molecule has 2 rings (SSSR count). The van der Waals surface area contributed by atoms with E-state index in [-0.39, 0.29) is 15.6 Å². The Hall–Kier alpha value is -1.43. The summed E-state index contributed by atoms with van der Waals surface area (Å²) in [5.41, 5.74) is 6.79. The second-order valence-corrected chi connectivity index (χ2v) is 6.63. The van der Waals surface area contributed by atoms with Crippen molar-refractivity contribution in [3.05, 3.63) is 52.0 Å².